The number of fused-ring (bicyclic) bond motifs is 2. The number of rotatable bonds is 7. The number of thiazole rings is 1. The van der Waals surface area contributed by atoms with E-state index in [1.54, 1.807) is 24.3 Å². The van der Waals surface area contributed by atoms with E-state index in [1.165, 1.54) is 22.9 Å². The Morgan fingerprint density at radius 2 is 1.87 bits per heavy atom. The van der Waals surface area contributed by atoms with Crippen molar-refractivity contribution in [2.45, 2.75) is 24.6 Å². The molecule has 1 aromatic heterocycles. The molecule has 0 amide bonds. The monoisotopic (exact) mass is 586 g/mol. The first-order chi connectivity index (χ1) is 18.4. The van der Waals surface area contributed by atoms with Crippen LogP contribution in [-0.4, -0.2) is 30.6 Å². The highest BCUT2D eigenvalue weighted by atomic mass is 32.2. The number of hydrogen-bond acceptors (Lipinski definition) is 7. The number of nitrogens with zero attached hydrogens (tertiary/aromatic N) is 1. The summed E-state index contributed by atoms with van der Waals surface area (Å²) in [5.41, 5.74) is -4.48. The fraction of sp³-hybridized carbons (Fsp3) is 0.240. The molecular weight excluding hydrogens is 567 g/mol. The molecule has 0 fully saturated rings. The summed E-state index contributed by atoms with van der Waals surface area (Å²) in [5, 5.41) is 11.5. The zero-order chi connectivity index (χ0) is 27.9. The lowest BCUT2D eigenvalue weighted by Crippen LogP contribution is -2.30. The molecule has 0 aliphatic carbocycles. The highest BCUT2D eigenvalue weighted by Gasteiger charge is 2.46. The Morgan fingerprint density at radius 3 is 2.64 bits per heavy atom. The molecular formula is C25H19F5N2O5S2. The second-order valence-electron chi connectivity index (χ2n) is 8.80. The van der Waals surface area contributed by atoms with E-state index >= 15 is 0 Å². The third kappa shape index (κ3) is 5.77. The molecule has 2 N–H and O–H groups in total. The molecule has 4 aromatic rings. The predicted molar refractivity (Wildman–Crippen MR) is 133 cm³/mol. The van der Waals surface area contributed by atoms with Crippen LogP contribution in [0.15, 0.2) is 54.6 Å². The van der Waals surface area contributed by atoms with Gasteiger partial charge in [-0.3, -0.25) is 4.72 Å². The minimum absolute atomic E-state index is 0.0162. The standard InChI is InChI=1S/C25H19F5N2O5S2/c26-18-9-20-22(10-19(18)27)38-23(31-20)12-36-16-4-5-21-17(8-16)24(33)14(11-37-21)6-13-2-1-3-15(7-13)32-39(34,35)25(28,29)30/h1-5,7-10,14,24,32-33H,6,11-12H2/t14-,24-/m0/s1. The number of anilines is 1. The van der Waals surface area contributed by atoms with Gasteiger partial charge in [0.15, 0.2) is 11.6 Å². The normalized spacial score (nSPS) is 17.5. The number of sulfonamides is 1. The van der Waals surface area contributed by atoms with Gasteiger partial charge in [-0.1, -0.05) is 12.1 Å². The van der Waals surface area contributed by atoms with Crippen molar-refractivity contribution in [1.82, 2.24) is 4.98 Å². The Kier molecular flexibility index (Phi) is 7.11. The first kappa shape index (κ1) is 27.1. The molecule has 14 heteroatoms. The van der Waals surface area contributed by atoms with E-state index in [1.807, 2.05) is 0 Å². The first-order valence-electron chi connectivity index (χ1n) is 11.4. The molecule has 1 aliphatic rings. The van der Waals surface area contributed by atoms with Gasteiger partial charge in [-0.25, -0.2) is 13.8 Å². The molecule has 206 valence electrons. The number of hydrogen-bond donors (Lipinski definition) is 2. The maximum absolute atomic E-state index is 13.5. The van der Waals surface area contributed by atoms with E-state index in [0.29, 0.717) is 37.9 Å². The molecule has 7 nitrogen and oxygen atoms in total. The van der Waals surface area contributed by atoms with E-state index in [2.05, 4.69) is 4.98 Å². The Labute approximate surface area is 222 Å². The summed E-state index contributed by atoms with van der Waals surface area (Å²) in [6.07, 6.45) is -0.826. The summed E-state index contributed by atoms with van der Waals surface area (Å²) in [7, 11) is -5.57. The summed E-state index contributed by atoms with van der Waals surface area (Å²) >= 11 is 1.15. The molecule has 39 heavy (non-hydrogen) atoms. The van der Waals surface area contributed by atoms with E-state index in [-0.39, 0.29) is 25.3 Å². The highest BCUT2D eigenvalue weighted by Crippen LogP contribution is 2.39. The molecule has 0 bridgehead atoms. The number of nitrogens with one attached hydrogen (secondary N) is 1. The fourth-order valence-electron chi connectivity index (χ4n) is 4.15. The van der Waals surface area contributed by atoms with Crippen molar-refractivity contribution in [3.8, 4) is 11.5 Å². The van der Waals surface area contributed by atoms with Gasteiger partial charge in [0.1, 0.15) is 23.1 Å². The molecule has 0 saturated carbocycles. The second kappa shape index (κ2) is 10.2. The molecule has 0 radical (unpaired) electrons. The van der Waals surface area contributed by atoms with E-state index in [0.717, 1.165) is 23.5 Å². The van der Waals surface area contributed by atoms with Crippen molar-refractivity contribution >= 4 is 37.3 Å². The van der Waals surface area contributed by atoms with Crippen LogP contribution in [0.3, 0.4) is 0 Å². The van der Waals surface area contributed by atoms with Crippen molar-refractivity contribution in [3.05, 3.63) is 82.4 Å². The van der Waals surface area contributed by atoms with E-state index in [4.69, 9.17) is 9.47 Å². The Balaban J connectivity index is 1.27. The van der Waals surface area contributed by atoms with Crippen LogP contribution < -0.4 is 14.2 Å². The summed E-state index contributed by atoms with van der Waals surface area (Å²) in [6, 6.07) is 12.4. The number of alkyl halides is 3. The van der Waals surface area contributed by atoms with Gasteiger partial charge >= 0.3 is 15.5 Å². The smallest absolute Gasteiger partial charge is 0.493 e. The summed E-state index contributed by atoms with van der Waals surface area (Å²) in [5.74, 6) is -1.63. The lowest BCUT2D eigenvalue weighted by molar-refractivity contribution is -0.0429. The van der Waals surface area contributed by atoms with Crippen molar-refractivity contribution in [2.24, 2.45) is 5.92 Å². The zero-order valence-corrected chi connectivity index (χ0v) is 21.3. The zero-order valence-electron chi connectivity index (χ0n) is 19.7. The molecule has 1 aliphatic heterocycles. The number of ether oxygens (including phenoxy) is 2. The second-order valence-corrected chi connectivity index (χ2v) is 11.6. The lowest BCUT2D eigenvalue weighted by atomic mass is 9.88. The summed E-state index contributed by atoms with van der Waals surface area (Å²) in [4.78, 5) is 4.24. The maximum Gasteiger partial charge on any atom is 0.516 e. The lowest BCUT2D eigenvalue weighted by Gasteiger charge is -2.30. The van der Waals surface area contributed by atoms with Gasteiger partial charge in [0.25, 0.3) is 0 Å². The Hall–Kier alpha value is -3.49. The van der Waals surface area contributed by atoms with Crippen molar-refractivity contribution < 1.29 is 45.0 Å². The average Bonchev–Trinajstić information content (AvgIpc) is 3.25. The third-order valence-corrected chi connectivity index (χ3v) is 8.12. The van der Waals surface area contributed by atoms with Crippen molar-refractivity contribution in [2.75, 3.05) is 11.3 Å². The van der Waals surface area contributed by atoms with E-state index < -0.39 is 39.2 Å². The maximum atomic E-state index is 13.5. The molecule has 3 aromatic carbocycles. The van der Waals surface area contributed by atoms with Crippen LogP contribution in [0.1, 0.15) is 22.2 Å². The molecule has 2 atom stereocenters. The topological polar surface area (TPSA) is 97.8 Å². The molecule has 5 rings (SSSR count). The van der Waals surface area contributed by atoms with Gasteiger partial charge in [-0.05, 0) is 48.4 Å². The molecule has 0 saturated heterocycles. The van der Waals surface area contributed by atoms with Crippen LogP contribution >= 0.6 is 11.3 Å². The number of aromatic nitrogens is 1. The van der Waals surface area contributed by atoms with Crippen LogP contribution in [-0.2, 0) is 23.1 Å². The van der Waals surface area contributed by atoms with Crippen LogP contribution in [0, 0.1) is 17.6 Å². The van der Waals surface area contributed by atoms with Crippen LogP contribution in [0.4, 0.5) is 27.6 Å². The van der Waals surface area contributed by atoms with Gasteiger partial charge in [-0.2, -0.15) is 21.6 Å². The SMILES string of the molecule is O=S(=O)(Nc1cccc(C[C@H]2COc3ccc(OCc4nc5cc(F)c(F)cc5s4)cc3[C@H]2O)c1)C(F)(F)F. The Morgan fingerprint density at radius 1 is 1.10 bits per heavy atom. The van der Waals surface area contributed by atoms with Gasteiger partial charge in [0, 0.05) is 23.2 Å². The largest absolute Gasteiger partial charge is 0.516 e. The number of benzene rings is 3. The minimum Gasteiger partial charge on any atom is -0.493 e. The summed E-state index contributed by atoms with van der Waals surface area (Å²) in [6.45, 7) is 0.133. The number of halogens is 5. The van der Waals surface area contributed by atoms with Crippen LogP contribution in [0.2, 0.25) is 0 Å². The van der Waals surface area contributed by atoms with Gasteiger partial charge in [-0.15, -0.1) is 11.3 Å². The molecule has 2 heterocycles. The molecule has 0 spiro atoms. The van der Waals surface area contributed by atoms with Gasteiger partial charge in [0.05, 0.1) is 22.9 Å². The number of aliphatic hydroxyl groups is 1. The first-order valence-corrected chi connectivity index (χ1v) is 13.7. The fourth-order valence-corrected chi connectivity index (χ4v) is 5.59. The highest BCUT2D eigenvalue weighted by molar-refractivity contribution is 7.93. The van der Waals surface area contributed by atoms with Gasteiger partial charge in [0.2, 0.25) is 0 Å². The predicted octanol–water partition coefficient (Wildman–Crippen LogP) is 5.70. The van der Waals surface area contributed by atoms with Crippen LogP contribution in [0.5, 0.6) is 11.5 Å². The Bertz CT molecular complexity index is 1600. The van der Waals surface area contributed by atoms with E-state index in [9.17, 15) is 35.5 Å². The average molecular weight is 587 g/mol. The quantitative estimate of drug-likeness (QED) is 0.270. The molecule has 0 unspecified atom stereocenters. The third-order valence-electron chi connectivity index (χ3n) is 6.02. The van der Waals surface area contributed by atoms with Crippen molar-refractivity contribution in [1.29, 1.82) is 0 Å². The van der Waals surface area contributed by atoms with Crippen molar-refractivity contribution in [3.63, 3.8) is 0 Å². The number of aliphatic hydroxyl groups excluding tert-OH is 1. The summed E-state index contributed by atoms with van der Waals surface area (Å²) < 4.78 is 101. The minimum atomic E-state index is -5.57. The van der Waals surface area contributed by atoms with Gasteiger partial charge < -0.3 is 14.6 Å². The van der Waals surface area contributed by atoms with Crippen LogP contribution in [0.25, 0.3) is 10.2 Å².